The second-order valence-corrected chi connectivity index (χ2v) is 7.10. The number of rotatable bonds is 5. The first kappa shape index (κ1) is 18.7. The summed E-state index contributed by atoms with van der Waals surface area (Å²) >= 11 is 0. The number of fused-ring (bicyclic) bond motifs is 1. The third-order valence-electron chi connectivity index (χ3n) is 5.43. The molecule has 142 valence electrons. The van der Waals surface area contributed by atoms with Crippen LogP contribution >= 0.6 is 0 Å². The molecule has 0 aromatic heterocycles. The van der Waals surface area contributed by atoms with Gasteiger partial charge in [-0.25, -0.2) is 0 Å². The molecule has 1 saturated heterocycles. The van der Waals surface area contributed by atoms with Crippen molar-refractivity contribution in [2.24, 2.45) is 11.8 Å². The Morgan fingerprint density at radius 1 is 1.31 bits per heavy atom. The Bertz CT molecular complexity index is 689. The van der Waals surface area contributed by atoms with Gasteiger partial charge in [-0.2, -0.15) is 13.2 Å². The number of halogens is 3. The van der Waals surface area contributed by atoms with Crippen LogP contribution in [0.5, 0.6) is 0 Å². The van der Waals surface area contributed by atoms with Gasteiger partial charge in [-0.15, -0.1) is 0 Å². The Kier molecular flexibility index (Phi) is 5.25. The summed E-state index contributed by atoms with van der Waals surface area (Å²) < 4.78 is 44.0. The van der Waals surface area contributed by atoms with E-state index in [1.165, 1.54) is 6.07 Å². The Balaban J connectivity index is 1.74. The van der Waals surface area contributed by atoms with E-state index in [4.69, 9.17) is 4.74 Å². The van der Waals surface area contributed by atoms with E-state index in [1.54, 1.807) is 0 Å². The molecule has 1 aromatic carbocycles. The molecule has 0 spiro atoms. The van der Waals surface area contributed by atoms with Crippen LogP contribution in [-0.2, 0) is 15.7 Å². The van der Waals surface area contributed by atoms with Crippen molar-refractivity contribution < 1.29 is 27.5 Å². The van der Waals surface area contributed by atoms with E-state index >= 15 is 0 Å². The van der Waals surface area contributed by atoms with Gasteiger partial charge in [0.1, 0.15) is 6.10 Å². The summed E-state index contributed by atoms with van der Waals surface area (Å²) in [7, 11) is 0. The maximum atomic E-state index is 12.9. The maximum Gasteiger partial charge on any atom is 0.416 e. The summed E-state index contributed by atoms with van der Waals surface area (Å²) in [5.41, 5.74) is -0.263. The Hall–Kier alpha value is -2.05. The largest absolute Gasteiger partial charge is 0.462 e. The molecule has 2 aliphatic rings. The average molecular weight is 369 g/mol. The molecule has 3 rings (SSSR count). The zero-order valence-electron chi connectivity index (χ0n) is 14.6. The highest BCUT2D eigenvalue weighted by atomic mass is 19.4. The summed E-state index contributed by atoms with van der Waals surface area (Å²) in [6, 6.07) is 3.29. The molecule has 1 aliphatic heterocycles. The number of carbonyl (C=O) groups is 2. The van der Waals surface area contributed by atoms with Crippen LogP contribution < -0.4 is 4.90 Å². The SMILES string of the molecule is CCN(C[C@H]1CC[C@@H]2CC(=O)O[C@@H]2C1)c1ccc(C(F)(F)F)cc1C=O. The quantitative estimate of drug-likeness (QED) is 0.580. The molecule has 1 heterocycles. The highest BCUT2D eigenvalue weighted by Gasteiger charge is 2.40. The predicted molar refractivity (Wildman–Crippen MR) is 90.0 cm³/mol. The number of carbonyl (C=O) groups excluding carboxylic acids is 2. The lowest BCUT2D eigenvalue weighted by molar-refractivity contribution is -0.142. The van der Waals surface area contributed by atoms with Crippen LogP contribution in [0, 0.1) is 11.8 Å². The first-order chi connectivity index (χ1) is 12.3. The lowest BCUT2D eigenvalue weighted by Crippen LogP contribution is -2.36. The van der Waals surface area contributed by atoms with Gasteiger partial charge < -0.3 is 9.64 Å². The molecule has 0 bridgehead atoms. The number of anilines is 1. The number of hydrogen-bond donors (Lipinski definition) is 0. The molecule has 7 heteroatoms. The van der Waals surface area contributed by atoms with Crippen molar-refractivity contribution in [3.05, 3.63) is 29.3 Å². The first-order valence-corrected chi connectivity index (χ1v) is 8.92. The second kappa shape index (κ2) is 7.29. The number of alkyl halides is 3. The Morgan fingerprint density at radius 3 is 2.73 bits per heavy atom. The van der Waals surface area contributed by atoms with E-state index in [1.807, 2.05) is 11.8 Å². The Morgan fingerprint density at radius 2 is 2.08 bits per heavy atom. The molecular formula is C19H22F3NO3. The molecule has 4 nitrogen and oxygen atoms in total. The molecule has 3 atom stereocenters. The minimum Gasteiger partial charge on any atom is -0.462 e. The predicted octanol–water partition coefficient (Wildman–Crippen LogP) is 4.08. The van der Waals surface area contributed by atoms with E-state index in [0.717, 1.165) is 31.4 Å². The minimum atomic E-state index is -4.47. The lowest BCUT2D eigenvalue weighted by atomic mass is 9.79. The van der Waals surface area contributed by atoms with Crippen molar-refractivity contribution in [2.45, 2.75) is 44.9 Å². The van der Waals surface area contributed by atoms with Crippen LogP contribution in [-0.4, -0.2) is 31.4 Å². The molecule has 1 aromatic rings. The maximum absolute atomic E-state index is 12.9. The zero-order valence-corrected chi connectivity index (χ0v) is 14.6. The molecular weight excluding hydrogens is 347 g/mol. The van der Waals surface area contributed by atoms with Crippen LogP contribution in [0.4, 0.5) is 18.9 Å². The van der Waals surface area contributed by atoms with Gasteiger partial charge in [0, 0.05) is 30.3 Å². The molecule has 0 amide bonds. The topological polar surface area (TPSA) is 46.6 Å². The molecule has 0 radical (unpaired) electrons. The number of aldehydes is 1. The minimum absolute atomic E-state index is 0.0434. The number of esters is 1. The van der Waals surface area contributed by atoms with Crippen molar-refractivity contribution in [3.63, 3.8) is 0 Å². The molecule has 1 saturated carbocycles. The third kappa shape index (κ3) is 3.86. The Labute approximate surface area is 150 Å². The van der Waals surface area contributed by atoms with Crippen LogP contribution in [0.3, 0.4) is 0 Å². The number of ether oxygens (including phenoxy) is 1. The van der Waals surface area contributed by atoms with Crippen LogP contribution in [0.1, 0.15) is 48.5 Å². The summed E-state index contributed by atoms with van der Waals surface area (Å²) in [5.74, 6) is 0.438. The van der Waals surface area contributed by atoms with Crippen molar-refractivity contribution >= 4 is 17.9 Å². The van der Waals surface area contributed by atoms with E-state index in [-0.39, 0.29) is 23.6 Å². The fourth-order valence-electron chi connectivity index (χ4n) is 4.07. The van der Waals surface area contributed by atoms with Gasteiger partial charge >= 0.3 is 12.1 Å². The van der Waals surface area contributed by atoms with Crippen molar-refractivity contribution in [1.82, 2.24) is 0 Å². The van der Waals surface area contributed by atoms with Gasteiger partial charge in [-0.3, -0.25) is 9.59 Å². The fourth-order valence-corrected chi connectivity index (χ4v) is 4.07. The van der Waals surface area contributed by atoms with Gasteiger partial charge in [0.2, 0.25) is 0 Å². The monoisotopic (exact) mass is 369 g/mol. The van der Waals surface area contributed by atoms with Crippen molar-refractivity contribution in [1.29, 1.82) is 0 Å². The summed E-state index contributed by atoms with van der Waals surface area (Å²) in [6.45, 7) is 3.12. The van der Waals surface area contributed by atoms with Gasteiger partial charge in [0.25, 0.3) is 0 Å². The number of hydrogen-bond acceptors (Lipinski definition) is 4. The van der Waals surface area contributed by atoms with Gasteiger partial charge in [0.05, 0.1) is 12.0 Å². The highest BCUT2D eigenvalue weighted by molar-refractivity contribution is 5.85. The standard InChI is InChI=1S/C19H22F3NO3/c1-2-23(10-12-3-4-13-9-18(25)26-17(13)7-12)16-6-5-15(19(20,21)22)8-14(16)11-24/h5-6,8,11-13,17H,2-4,7,9-10H2,1H3/t12-,13+,17+/m0/s1. The van der Waals surface area contributed by atoms with Gasteiger partial charge in [-0.1, -0.05) is 0 Å². The average Bonchev–Trinajstić information content (AvgIpc) is 2.97. The normalized spacial score (nSPS) is 25.5. The number of nitrogens with zero attached hydrogens (tertiary/aromatic N) is 1. The molecule has 2 fully saturated rings. The van der Waals surface area contributed by atoms with E-state index < -0.39 is 11.7 Å². The third-order valence-corrected chi connectivity index (χ3v) is 5.43. The van der Waals surface area contributed by atoms with Gasteiger partial charge in [0.15, 0.2) is 6.29 Å². The molecule has 0 N–H and O–H groups in total. The smallest absolute Gasteiger partial charge is 0.416 e. The fraction of sp³-hybridized carbons (Fsp3) is 0.579. The summed E-state index contributed by atoms with van der Waals surface area (Å²) in [6.07, 6.45) is -0.913. The van der Waals surface area contributed by atoms with E-state index in [0.29, 0.717) is 37.4 Å². The van der Waals surface area contributed by atoms with Crippen LogP contribution in [0.15, 0.2) is 18.2 Å². The highest BCUT2D eigenvalue weighted by Crippen LogP contribution is 2.39. The molecule has 26 heavy (non-hydrogen) atoms. The molecule has 0 unspecified atom stereocenters. The van der Waals surface area contributed by atoms with Crippen molar-refractivity contribution in [3.8, 4) is 0 Å². The lowest BCUT2D eigenvalue weighted by Gasteiger charge is -2.35. The zero-order chi connectivity index (χ0) is 18.9. The van der Waals surface area contributed by atoms with E-state index in [9.17, 15) is 22.8 Å². The number of benzene rings is 1. The summed E-state index contributed by atoms with van der Waals surface area (Å²) in [5, 5.41) is 0. The van der Waals surface area contributed by atoms with Crippen LogP contribution in [0.25, 0.3) is 0 Å². The second-order valence-electron chi connectivity index (χ2n) is 7.10. The first-order valence-electron chi connectivity index (χ1n) is 8.92. The van der Waals surface area contributed by atoms with Crippen molar-refractivity contribution in [2.75, 3.05) is 18.0 Å². The van der Waals surface area contributed by atoms with Crippen LogP contribution in [0.2, 0.25) is 0 Å². The van der Waals surface area contributed by atoms with Gasteiger partial charge in [-0.05, 0) is 50.3 Å². The molecule has 1 aliphatic carbocycles. The van der Waals surface area contributed by atoms with E-state index in [2.05, 4.69) is 0 Å². The summed E-state index contributed by atoms with van der Waals surface area (Å²) in [4.78, 5) is 24.7.